The topological polar surface area (TPSA) is 12.0 Å². The summed E-state index contributed by atoms with van der Waals surface area (Å²) in [6.07, 6.45) is 5.03. The van der Waals surface area contributed by atoms with E-state index in [-0.39, 0.29) is 12.1 Å². The molecule has 0 amide bonds. The Balaban J connectivity index is 1.92. The maximum atomic E-state index is 13.4. The van der Waals surface area contributed by atoms with Crippen molar-refractivity contribution in [2.24, 2.45) is 5.92 Å². The number of rotatable bonds is 4. The van der Waals surface area contributed by atoms with Gasteiger partial charge in [0.1, 0.15) is 11.6 Å². The highest BCUT2D eigenvalue weighted by atomic mass is 19.1. The summed E-state index contributed by atoms with van der Waals surface area (Å²) in [7, 11) is 0. The summed E-state index contributed by atoms with van der Waals surface area (Å²) in [4.78, 5) is 0. The molecule has 1 aromatic carbocycles. The predicted octanol–water partition coefficient (Wildman–Crippen LogP) is 3.63. The Bertz CT molecular complexity index is 352. The van der Waals surface area contributed by atoms with Crippen molar-refractivity contribution in [3.63, 3.8) is 0 Å². The molecule has 1 nitrogen and oxygen atoms in total. The van der Waals surface area contributed by atoms with Crippen LogP contribution in [0.5, 0.6) is 0 Å². The first-order valence-corrected chi connectivity index (χ1v) is 6.34. The fourth-order valence-electron chi connectivity index (χ4n) is 2.59. The van der Waals surface area contributed by atoms with E-state index < -0.39 is 11.6 Å². The Morgan fingerprint density at radius 1 is 1.24 bits per heavy atom. The predicted molar refractivity (Wildman–Crippen MR) is 64.6 cm³/mol. The van der Waals surface area contributed by atoms with Gasteiger partial charge in [0.05, 0.1) is 0 Å². The Hall–Kier alpha value is -0.960. The lowest BCUT2D eigenvalue weighted by molar-refractivity contribution is 0.374. The van der Waals surface area contributed by atoms with Gasteiger partial charge in [0.2, 0.25) is 0 Å². The zero-order valence-electron chi connectivity index (χ0n) is 10.2. The summed E-state index contributed by atoms with van der Waals surface area (Å²) >= 11 is 0. The number of benzene rings is 1. The molecule has 3 heteroatoms. The van der Waals surface area contributed by atoms with Gasteiger partial charge in [-0.05, 0) is 37.8 Å². The molecule has 0 spiro atoms. The molecule has 1 aliphatic carbocycles. The first-order chi connectivity index (χ1) is 8.18. The number of hydrogen-bond acceptors (Lipinski definition) is 1. The molecule has 1 saturated carbocycles. The van der Waals surface area contributed by atoms with Crippen LogP contribution in [0.2, 0.25) is 0 Å². The van der Waals surface area contributed by atoms with E-state index in [0.29, 0.717) is 12.0 Å². The molecular weight excluding hydrogens is 220 g/mol. The van der Waals surface area contributed by atoms with E-state index in [4.69, 9.17) is 0 Å². The fourth-order valence-corrected chi connectivity index (χ4v) is 2.59. The van der Waals surface area contributed by atoms with E-state index in [2.05, 4.69) is 12.2 Å². The average Bonchev–Trinajstić information content (AvgIpc) is 2.81. The maximum Gasteiger partial charge on any atom is 0.130 e. The molecule has 1 aromatic rings. The van der Waals surface area contributed by atoms with Crippen LogP contribution >= 0.6 is 0 Å². The van der Waals surface area contributed by atoms with Crippen LogP contribution in [0.1, 0.15) is 38.2 Å². The molecule has 2 rings (SSSR count). The first kappa shape index (κ1) is 12.5. The van der Waals surface area contributed by atoms with E-state index in [1.54, 1.807) is 0 Å². The zero-order chi connectivity index (χ0) is 12.3. The lowest BCUT2D eigenvalue weighted by atomic mass is 9.99. The Kier molecular flexibility index (Phi) is 4.11. The minimum Gasteiger partial charge on any atom is -0.310 e. The molecule has 94 valence electrons. The molecule has 0 aromatic heterocycles. The van der Waals surface area contributed by atoms with Crippen LogP contribution in [0.25, 0.3) is 0 Å². The highest BCUT2D eigenvalue weighted by molar-refractivity contribution is 5.19. The fraction of sp³-hybridized carbons (Fsp3) is 0.571. The molecule has 0 radical (unpaired) electrons. The van der Waals surface area contributed by atoms with Crippen molar-refractivity contribution in [2.75, 3.05) is 0 Å². The standard InChI is InChI=1S/C14H19F2N/c1-10(11-5-2-3-6-11)17-9-12-13(15)7-4-8-14(12)16/h4,7-8,10-11,17H,2-3,5-6,9H2,1H3. The molecule has 1 fully saturated rings. The number of nitrogens with one attached hydrogen (secondary N) is 1. The zero-order valence-corrected chi connectivity index (χ0v) is 10.2. The summed E-state index contributed by atoms with van der Waals surface area (Å²) in [6.45, 7) is 2.38. The van der Waals surface area contributed by atoms with E-state index in [0.717, 1.165) is 0 Å². The van der Waals surface area contributed by atoms with Gasteiger partial charge in [-0.2, -0.15) is 0 Å². The minimum absolute atomic E-state index is 0.150. The van der Waals surface area contributed by atoms with Gasteiger partial charge in [-0.25, -0.2) is 8.78 Å². The van der Waals surface area contributed by atoms with E-state index in [9.17, 15) is 8.78 Å². The third kappa shape index (κ3) is 3.03. The molecule has 17 heavy (non-hydrogen) atoms. The number of halogens is 2. The maximum absolute atomic E-state index is 13.4. The monoisotopic (exact) mass is 239 g/mol. The van der Waals surface area contributed by atoms with Gasteiger partial charge in [-0.15, -0.1) is 0 Å². The summed E-state index contributed by atoms with van der Waals surface area (Å²) in [5.74, 6) is -0.267. The molecule has 1 atom stereocenters. The van der Waals surface area contributed by atoms with Gasteiger partial charge in [0.15, 0.2) is 0 Å². The normalized spacial score (nSPS) is 18.5. The Labute approximate surface area is 101 Å². The van der Waals surface area contributed by atoms with Crippen molar-refractivity contribution in [1.82, 2.24) is 5.32 Å². The molecule has 0 aliphatic heterocycles. The van der Waals surface area contributed by atoms with Crippen molar-refractivity contribution < 1.29 is 8.78 Å². The summed E-state index contributed by atoms with van der Waals surface area (Å²) in [5, 5.41) is 3.24. The molecule has 0 saturated heterocycles. The molecule has 1 N–H and O–H groups in total. The lowest BCUT2D eigenvalue weighted by Crippen LogP contribution is -2.32. The molecule has 1 aliphatic rings. The average molecular weight is 239 g/mol. The third-order valence-electron chi connectivity index (χ3n) is 3.77. The van der Waals surface area contributed by atoms with Crippen LogP contribution < -0.4 is 5.32 Å². The van der Waals surface area contributed by atoms with Gasteiger partial charge in [0, 0.05) is 18.2 Å². The van der Waals surface area contributed by atoms with Gasteiger partial charge in [-0.3, -0.25) is 0 Å². The van der Waals surface area contributed by atoms with E-state index in [1.165, 1.54) is 43.9 Å². The minimum atomic E-state index is -0.462. The highest BCUT2D eigenvalue weighted by Gasteiger charge is 2.21. The summed E-state index contributed by atoms with van der Waals surface area (Å²) in [6, 6.07) is 4.34. The second-order valence-electron chi connectivity index (χ2n) is 4.91. The Morgan fingerprint density at radius 2 is 1.82 bits per heavy atom. The smallest absolute Gasteiger partial charge is 0.130 e. The number of hydrogen-bond donors (Lipinski definition) is 1. The van der Waals surface area contributed by atoms with Crippen LogP contribution in [0.15, 0.2) is 18.2 Å². The van der Waals surface area contributed by atoms with Crippen molar-refractivity contribution >= 4 is 0 Å². The quantitative estimate of drug-likeness (QED) is 0.846. The van der Waals surface area contributed by atoms with Crippen molar-refractivity contribution in [2.45, 2.75) is 45.2 Å². The van der Waals surface area contributed by atoms with Crippen LogP contribution in [-0.2, 0) is 6.54 Å². The van der Waals surface area contributed by atoms with Gasteiger partial charge in [-0.1, -0.05) is 18.9 Å². The van der Waals surface area contributed by atoms with Crippen LogP contribution in [0.3, 0.4) is 0 Å². The molecule has 0 heterocycles. The van der Waals surface area contributed by atoms with Crippen molar-refractivity contribution in [3.05, 3.63) is 35.4 Å². The van der Waals surface area contributed by atoms with Crippen molar-refractivity contribution in [3.8, 4) is 0 Å². The second kappa shape index (κ2) is 5.58. The SMILES string of the molecule is CC(NCc1c(F)cccc1F)C1CCCC1. The highest BCUT2D eigenvalue weighted by Crippen LogP contribution is 2.27. The van der Waals surface area contributed by atoms with Crippen LogP contribution in [0, 0.1) is 17.6 Å². The molecule has 0 bridgehead atoms. The van der Waals surface area contributed by atoms with Crippen LogP contribution in [0.4, 0.5) is 8.78 Å². The lowest BCUT2D eigenvalue weighted by Gasteiger charge is -2.20. The van der Waals surface area contributed by atoms with Gasteiger partial charge < -0.3 is 5.32 Å². The van der Waals surface area contributed by atoms with E-state index >= 15 is 0 Å². The van der Waals surface area contributed by atoms with Crippen LogP contribution in [-0.4, -0.2) is 6.04 Å². The second-order valence-corrected chi connectivity index (χ2v) is 4.91. The first-order valence-electron chi connectivity index (χ1n) is 6.34. The third-order valence-corrected chi connectivity index (χ3v) is 3.77. The van der Waals surface area contributed by atoms with Gasteiger partial charge in [0.25, 0.3) is 0 Å². The molecule has 1 unspecified atom stereocenters. The molecular formula is C14H19F2N. The summed E-state index contributed by atoms with van der Waals surface area (Å²) in [5.41, 5.74) is 0.150. The summed E-state index contributed by atoms with van der Waals surface area (Å²) < 4.78 is 26.8. The van der Waals surface area contributed by atoms with Crippen molar-refractivity contribution in [1.29, 1.82) is 0 Å². The Morgan fingerprint density at radius 3 is 2.41 bits per heavy atom. The van der Waals surface area contributed by atoms with Gasteiger partial charge >= 0.3 is 0 Å². The van der Waals surface area contributed by atoms with E-state index in [1.807, 2.05) is 0 Å². The largest absolute Gasteiger partial charge is 0.310 e.